The Morgan fingerprint density at radius 3 is 2.00 bits per heavy atom. The van der Waals surface area contributed by atoms with E-state index in [1.54, 1.807) is 0 Å². The van der Waals surface area contributed by atoms with Gasteiger partial charge in [0.25, 0.3) is 0 Å². The molecule has 0 rings (SSSR count). The molecule has 0 aliphatic heterocycles. The molecule has 0 saturated heterocycles. The Hall–Kier alpha value is 0.913. The molecule has 9 heavy (non-hydrogen) atoms. The fraction of sp³-hybridized carbons (Fsp3) is 0. The van der Waals surface area contributed by atoms with Crippen LogP contribution in [0, 0.1) is 6.54 Å². The van der Waals surface area contributed by atoms with Crippen LogP contribution < -0.4 is 5.09 Å². The van der Waals surface area contributed by atoms with Gasteiger partial charge in [0.1, 0.15) is 0 Å². The molecule has 2 N–H and O–H groups in total. The Bertz CT molecular complexity index is 66.5. The van der Waals surface area contributed by atoms with E-state index in [-0.39, 0.29) is 21.1 Å². The average molecular weight is 334 g/mol. The smallest absolute Gasteiger partial charge is 0.177 e. The summed E-state index contributed by atoms with van der Waals surface area (Å²) in [7, 11) is 8.37. The first kappa shape index (κ1) is 16.5. The van der Waals surface area contributed by atoms with Crippen molar-refractivity contribution in [2.75, 3.05) is 0 Å². The van der Waals surface area contributed by atoms with Crippen LogP contribution in [-0.2, 0) is 25.9 Å². The van der Waals surface area contributed by atoms with Gasteiger partial charge in [0.15, 0.2) is 5.97 Å². The van der Waals surface area contributed by atoms with E-state index < -0.39 is 5.97 Å². The van der Waals surface area contributed by atoms with Gasteiger partial charge in [-0.25, -0.2) is 6.54 Å². The van der Waals surface area contributed by atoms with Crippen LogP contribution in [-0.4, -0.2) is 18.6 Å². The van der Waals surface area contributed by atoms with Crippen LogP contribution in [0.25, 0.3) is 0 Å². The summed E-state index contributed by atoms with van der Waals surface area (Å²) in [4.78, 5) is 9.47. The van der Waals surface area contributed by atoms with Crippen LogP contribution in [0.4, 0.5) is 0 Å². The maximum Gasteiger partial charge on any atom is 0.177 e. The first-order chi connectivity index (χ1) is 3.77. The van der Waals surface area contributed by atoms with E-state index in [1.807, 2.05) is 18.5 Å². The minimum absolute atomic E-state index is 0. The van der Waals surface area contributed by atoms with Crippen molar-refractivity contribution < 1.29 is 31.0 Å². The van der Waals surface area contributed by atoms with E-state index >= 15 is 0 Å². The zero-order valence-corrected chi connectivity index (χ0v) is 9.82. The molecule has 3 nitrogen and oxygen atoms in total. The van der Waals surface area contributed by atoms with Crippen LogP contribution in [0.1, 0.15) is 0 Å². The van der Waals surface area contributed by atoms with Gasteiger partial charge in [0.05, 0.1) is 7.57 Å². The predicted octanol–water partition coefficient (Wildman–Crippen LogP) is -0.445. The van der Waals surface area contributed by atoms with Crippen molar-refractivity contribution in [1.29, 1.82) is 0 Å². The van der Waals surface area contributed by atoms with Crippen molar-refractivity contribution in [3.8, 4) is 0 Å². The summed E-state index contributed by atoms with van der Waals surface area (Å²) in [5.41, 5.74) is 0. The fourth-order valence-electron chi connectivity index (χ4n) is 0.0713. The first-order valence-electron chi connectivity index (χ1n) is 1.63. The number of hydrogen-bond donors (Lipinski definition) is 2. The maximum atomic E-state index is 9.47. The molecular formula is C2H7BNO2P2W-. The fourth-order valence-corrected chi connectivity index (χ4v) is 0.214. The summed E-state index contributed by atoms with van der Waals surface area (Å²) < 4.78 is 0. The summed E-state index contributed by atoms with van der Waals surface area (Å²) >= 11 is 0. The summed E-state index contributed by atoms with van der Waals surface area (Å²) in [5.74, 6) is -0.968. The third-order valence-corrected chi connectivity index (χ3v) is 0.373. The molecule has 2 unspecified atom stereocenters. The van der Waals surface area contributed by atoms with Gasteiger partial charge in [-0.15, -0.1) is 0 Å². The summed E-state index contributed by atoms with van der Waals surface area (Å²) in [6, 6.07) is 0. The molecule has 0 aromatic rings. The number of carbonyl (C=O) groups is 1. The number of carboxylic acids is 1. The van der Waals surface area contributed by atoms with Gasteiger partial charge in [-0.05, 0) is 0 Å². The van der Waals surface area contributed by atoms with Crippen LogP contribution in [0.5, 0.6) is 0 Å². The summed E-state index contributed by atoms with van der Waals surface area (Å²) in [5, 5.41) is 10.0. The van der Waals surface area contributed by atoms with E-state index in [1.165, 1.54) is 0 Å². The molecule has 0 amide bonds. The molecule has 0 saturated carbocycles. The van der Waals surface area contributed by atoms with Crippen molar-refractivity contribution in [1.82, 2.24) is 5.09 Å². The molecular weight excluding hydrogens is 327 g/mol. The Kier molecular flexibility index (Phi) is 29.2. The molecule has 7 heteroatoms. The molecule has 0 heterocycles. The minimum Gasteiger partial charge on any atom is -0.502 e. The van der Waals surface area contributed by atoms with E-state index in [4.69, 9.17) is 5.11 Å². The molecule has 0 aromatic heterocycles. The summed E-state index contributed by atoms with van der Waals surface area (Å²) in [6.45, 7) is 0.921. The van der Waals surface area contributed by atoms with Gasteiger partial charge >= 0.3 is 0 Å². The Morgan fingerprint density at radius 2 is 2.00 bits per heavy atom. The molecule has 52 valence electrons. The minimum atomic E-state index is -0.968. The third-order valence-electron chi connectivity index (χ3n) is 0.207. The SMILES string of the molecule is O=C(O)[CH-]NP.[B]P.[W]. The second-order valence-electron chi connectivity index (χ2n) is 0.649. The normalized spacial score (nSPS) is 5.56. The standard InChI is InChI=1S/C2H5NO2P.BH2P.W/c4-2(5)1-3-6;1-2;/h1,3H,6H2,(H,4,5);2H2;/q-1;;. The second-order valence-corrected chi connectivity index (χ2v) is 0.983. The van der Waals surface area contributed by atoms with Crippen molar-refractivity contribution in [2.24, 2.45) is 0 Å². The number of rotatable bonds is 2. The van der Waals surface area contributed by atoms with Gasteiger partial charge in [0, 0.05) is 21.1 Å². The van der Waals surface area contributed by atoms with Crippen molar-refractivity contribution in [3.05, 3.63) is 6.54 Å². The molecule has 0 aliphatic carbocycles. The Morgan fingerprint density at radius 1 is 1.67 bits per heavy atom. The van der Waals surface area contributed by atoms with E-state index in [0.29, 0.717) is 0 Å². The number of nitrogens with one attached hydrogen (secondary N) is 1. The first-order valence-corrected chi connectivity index (χ1v) is 2.87. The van der Waals surface area contributed by atoms with Crippen LogP contribution >= 0.6 is 18.5 Å². The van der Waals surface area contributed by atoms with Crippen molar-refractivity contribution >= 4 is 32.0 Å². The summed E-state index contributed by atoms with van der Waals surface area (Å²) in [6.07, 6.45) is 0. The van der Waals surface area contributed by atoms with Gasteiger partial charge in [-0.1, -0.05) is 9.39 Å². The van der Waals surface area contributed by atoms with Crippen LogP contribution in [0.2, 0.25) is 0 Å². The van der Waals surface area contributed by atoms with Crippen molar-refractivity contribution in [2.45, 2.75) is 0 Å². The van der Waals surface area contributed by atoms with E-state index in [2.05, 4.69) is 12.7 Å². The molecule has 0 aromatic carbocycles. The monoisotopic (exact) mass is 334 g/mol. The Labute approximate surface area is 74.8 Å². The molecule has 0 fully saturated rings. The van der Waals surface area contributed by atoms with Crippen LogP contribution in [0.3, 0.4) is 0 Å². The van der Waals surface area contributed by atoms with Gasteiger partial charge in [-0.3, -0.25) is 4.79 Å². The topological polar surface area (TPSA) is 49.3 Å². The van der Waals surface area contributed by atoms with Crippen LogP contribution in [0.15, 0.2) is 0 Å². The predicted molar refractivity (Wildman–Crippen MR) is 40.2 cm³/mol. The van der Waals surface area contributed by atoms with E-state index in [9.17, 15) is 4.79 Å². The zero-order valence-electron chi connectivity index (χ0n) is 4.57. The molecule has 0 aliphatic rings. The average Bonchev–Trinajstić information content (AvgIpc) is 1.72. The van der Waals surface area contributed by atoms with Gasteiger partial charge in [-0.2, -0.15) is 9.12 Å². The zero-order chi connectivity index (χ0) is 6.99. The van der Waals surface area contributed by atoms with E-state index in [0.717, 1.165) is 6.54 Å². The largest absolute Gasteiger partial charge is 0.502 e. The third kappa shape index (κ3) is 27.8. The molecule has 0 spiro atoms. The Balaban J connectivity index is -0.000000109. The molecule has 2 radical (unpaired) electrons. The number of aliphatic carboxylic acids is 1. The van der Waals surface area contributed by atoms with Crippen molar-refractivity contribution in [3.63, 3.8) is 0 Å². The van der Waals surface area contributed by atoms with Gasteiger partial charge in [0.2, 0.25) is 0 Å². The molecule has 2 atom stereocenters. The maximum absolute atomic E-state index is 9.47. The quantitative estimate of drug-likeness (QED) is 0.409. The number of carboxylic acid groups (broad SMARTS) is 1. The number of hydrogen-bond acceptors (Lipinski definition) is 2. The molecule has 0 bridgehead atoms. The second kappa shape index (κ2) is 16.0. The van der Waals surface area contributed by atoms with Gasteiger partial charge < -0.3 is 10.2 Å².